The van der Waals surface area contributed by atoms with E-state index in [2.05, 4.69) is 16.2 Å². The molecule has 1 aromatic heterocycles. The van der Waals surface area contributed by atoms with E-state index in [0.29, 0.717) is 38.2 Å². The molecule has 0 N–H and O–H groups in total. The highest BCUT2D eigenvalue weighted by atomic mass is 19.3. The van der Waals surface area contributed by atoms with Crippen LogP contribution in [0, 0.1) is 16.7 Å². The number of fused-ring (bicyclic) bond motifs is 4. The SMILES string of the molecule is CCOc1ccc(-c2cccc(N(CC34CCC(c5noc(C(C)(F)F)n5)(CC3)CC4)C(=O)C34CC(F)C(C3)C4)c2)cc1. The average molecular weight is 594 g/mol. The standard InChI is InChI=1S/C34H38F3N3O3/c1-3-42-26-9-7-22(8-10-26)23-5-4-6-25(17-23)40(30(41)34-18-24(19-34)27(35)20-34)21-32-11-14-33(15-12-32,16-13-32)28-38-29(43-39-28)31(2,36)37/h4-10,17,24,27H,3,11-16,18-21H2,1-2H3. The van der Waals surface area contributed by atoms with Gasteiger partial charge in [-0.2, -0.15) is 13.8 Å². The lowest BCUT2D eigenvalue weighted by Gasteiger charge is -2.54. The largest absolute Gasteiger partial charge is 0.494 e. The topological polar surface area (TPSA) is 68.5 Å². The molecule has 2 aromatic carbocycles. The lowest BCUT2D eigenvalue weighted by atomic mass is 9.53. The molecule has 1 atom stereocenters. The first-order chi connectivity index (χ1) is 20.5. The summed E-state index contributed by atoms with van der Waals surface area (Å²) >= 11 is 0. The van der Waals surface area contributed by atoms with Crippen LogP contribution in [0.1, 0.15) is 83.3 Å². The van der Waals surface area contributed by atoms with Gasteiger partial charge in [-0.3, -0.25) is 4.79 Å². The van der Waals surface area contributed by atoms with E-state index in [-0.39, 0.29) is 22.7 Å². The second-order valence-corrected chi connectivity index (χ2v) is 13.7. The molecule has 1 heterocycles. The molecule has 6 aliphatic carbocycles. The van der Waals surface area contributed by atoms with Gasteiger partial charge in [0.2, 0.25) is 5.91 Å². The van der Waals surface area contributed by atoms with Gasteiger partial charge >= 0.3 is 5.92 Å². The lowest BCUT2D eigenvalue weighted by molar-refractivity contribution is -0.132. The van der Waals surface area contributed by atoms with Gasteiger partial charge in [0.05, 0.1) is 12.0 Å². The first-order valence-electron chi connectivity index (χ1n) is 15.6. The zero-order valence-electron chi connectivity index (χ0n) is 24.8. The minimum absolute atomic E-state index is 0.000483. The number of anilines is 1. The van der Waals surface area contributed by atoms with Crippen molar-refractivity contribution in [1.29, 1.82) is 0 Å². The van der Waals surface area contributed by atoms with E-state index in [9.17, 15) is 18.0 Å². The predicted octanol–water partition coefficient (Wildman–Crippen LogP) is 8.01. The molecule has 0 radical (unpaired) electrons. The number of carbonyl (C=O) groups excluding carboxylic acids is 1. The second kappa shape index (κ2) is 10.1. The van der Waals surface area contributed by atoms with Gasteiger partial charge in [-0.1, -0.05) is 29.4 Å². The van der Waals surface area contributed by atoms with Crippen molar-refractivity contribution in [3.05, 3.63) is 60.2 Å². The Morgan fingerprint density at radius 3 is 2.30 bits per heavy atom. The maximum Gasteiger partial charge on any atom is 0.322 e. The maximum atomic E-state index is 14.6. The van der Waals surface area contributed by atoms with E-state index >= 15 is 0 Å². The molecule has 9 heteroatoms. The minimum atomic E-state index is -3.17. The Labute approximate surface area is 250 Å². The number of aromatic nitrogens is 2. The van der Waals surface area contributed by atoms with Crippen LogP contribution >= 0.6 is 0 Å². The van der Waals surface area contributed by atoms with E-state index in [1.807, 2.05) is 54.3 Å². The Kier molecular flexibility index (Phi) is 6.67. The summed E-state index contributed by atoms with van der Waals surface area (Å²) in [6.07, 6.45) is 5.44. The number of benzene rings is 2. The molecule has 1 unspecified atom stereocenters. The Bertz CT molecular complexity index is 1480. The summed E-state index contributed by atoms with van der Waals surface area (Å²) in [6, 6.07) is 16.0. The van der Waals surface area contributed by atoms with E-state index < -0.39 is 23.4 Å². The first kappa shape index (κ1) is 28.4. The highest BCUT2D eigenvalue weighted by molar-refractivity contribution is 5.99. The quantitative estimate of drug-likeness (QED) is 0.251. The number of alkyl halides is 3. The second-order valence-electron chi connectivity index (χ2n) is 13.7. The fourth-order valence-electron chi connectivity index (χ4n) is 8.29. The molecule has 6 nitrogen and oxygen atoms in total. The Morgan fingerprint density at radius 2 is 1.72 bits per heavy atom. The maximum absolute atomic E-state index is 14.6. The number of hydrogen-bond acceptors (Lipinski definition) is 5. The summed E-state index contributed by atoms with van der Waals surface area (Å²) in [7, 11) is 0. The fraction of sp³-hybridized carbons (Fsp3) is 0.559. The third kappa shape index (κ3) is 4.83. The number of ether oxygens (including phenoxy) is 1. The molecule has 6 saturated carbocycles. The summed E-state index contributed by atoms with van der Waals surface area (Å²) in [5.74, 6) is -2.58. The zero-order valence-corrected chi connectivity index (χ0v) is 24.8. The van der Waals surface area contributed by atoms with Crippen molar-refractivity contribution in [1.82, 2.24) is 10.1 Å². The molecule has 4 bridgehead atoms. The van der Waals surface area contributed by atoms with Crippen LogP contribution < -0.4 is 9.64 Å². The summed E-state index contributed by atoms with van der Waals surface area (Å²) in [6.45, 7) is 3.88. The highest BCUT2D eigenvalue weighted by Gasteiger charge is 2.62. The monoisotopic (exact) mass is 593 g/mol. The van der Waals surface area contributed by atoms with Gasteiger partial charge < -0.3 is 14.2 Å². The lowest BCUT2D eigenvalue weighted by Crippen LogP contribution is -2.54. The van der Waals surface area contributed by atoms with Crippen molar-refractivity contribution in [2.75, 3.05) is 18.1 Å². The van der Waals surface area contributed by atoms with Gasteiger partial charge in [0.1, 0.15) is 11.9 Å². The smallest absolute Gasteiger partial charge is 0.322 e. The summed E-state index contributed by atoms with van der Waals surface area (Å²) in [4.78, 5) is 20.5. The molecule has 6 fully saturated rings. The molecule has 1 amide bonds. The molecular formula is C34H38F3N3O3. The molecule has 43 heavy (non-hydrogen) atoms. The summed E-state index contributed by atoms with van der Waals surface area (Å²) in [5.41, 5.74) is 1.77. The van der Waals surface area contributed by atoms with Crippen LogP contribution in [0.2, 0.25) is 0 Å². The number of hydrogen-bond donors (Lipinski definition) is 0. The van der Waals surface area contributed by atoms with E-state index in [1.54, 1.807) is 0 Å². The Balaban J connectivity index is 1.16. The number of amides is 1. The van der Waals surface area contributed by atoms with Crippen LogP contribution in [-0.2, 0) is 16.1 Å². The summed E-state index contributed by atoms with van der Waals surface area (Å²) in [5, 5.41) is 3.99. The van der Waals surface area contributed by atoms with Crippen LogP contribution in [-0.4, -0.2) is 35.4 Å². The van der Waals surface area contributed by atoms with Gasteiger partial charge in [-0.15, -0.1) is 0 Å². The molecule has 0 spiro atoms. The third-order valence-electron chi connectivity index (χ3n) is 10.9. The van der Waals surface area contributed by atoms with Crippen LogP contribution in [0.4, 0.5) is 18.9 Å². The summed E-state index contributed by atoms with van der Waals surface area (Å²) < 4.78 is 52.8. The van der Waals surface area contributed by atoms with Crippen molar-refractivity contribution in [3.8, 4) is 16.9 Å². The first-order valence-corrected chi connectivity index (χ1v) is 15.6. The third-order valence-corrected chi connectivity index (χ3v) is 10.9. The van der Waals surface area contributed by atoms with Gasteiger partial charge in [0.15, 0.2) is 5.82 Å². The van der Waals surface area contributed by atoms with Gasteiger partial charge in [-0.25, -0.2) is 4.39 Å². The number of nitrogens with zero attached hydrogens (tertiary/aromatic N) is 3. The number of carbonyl (C=O) groups is 1. The molecular weight excluding hydrogens is 555 g/mol. The molecule has 9 rings (SSSR count). The van der Waals surface area contributed by atoms with Crippen LogP contribution in [0.15, 0.2) is 53.1 Å². The zero-order chi connectivity index (χ0) is 30.0. The van der Waals surface area contributed by atoms with Crippen LogP contribution in [0.25, 0.3) is 11.1 Å². The Morgan fingerprint density at radius 1 is 1.02 bits per heavy atom. The van der Waals surface area contributed by atoms with Crippen molar-refractivity contribution < 1.29 is 27.2 Å². The van der Waals surface area contributed by atoms with Crippen LogP contribution in [0.5, 0.6) is 5.75 Å². The molecule has 6 aliphatic rings. The van der Waals surface area contributed by atoms with Crippen molar-refractivity contribution >= 4 is 11.6 Å². The fourth-order valence-corrected chi connectivity index (χ4v) is 8.29. The van der Waals surface area contributed by atoms with Crippen molar-refractivity contribution in [3.63, 3.8) is 0 Å². The molecule has 3 aromatic rings. The van der Waals surface area contributed by atoms with Gasteiger partial charge in [0.25, 0.3) is 5.89 Å². The van der Waals surface area contributed by atoms with Crippen LogP contribution in [0.3, 0.4) is 0 Å². The van der Waals surface area contributed by atoms with E-state index in [1.165, 1.54) is 0 Å². The van der Waals surface area contributed by atoms with Crippen molar-refractivity contribution in [2.24, 2.45) is 16.7 Å². The average Bonchev–Trinajstić information content (AvgIpc) is 3.71. The number of rotatable bonds is 9. The predicted molar refractivity (Wildman–Crippen MR) is 156 cm³/mol. The van der Waals surface area contributed by atoms with Crippen molar-refractivity contribution in [2.45, 2.75) is 89.1 Å². The van der Waals surface area contributed by atoms with Gasteiger partial charge in [-0.05, 0) is 111 Å². The molecule has 228 valence electrons. The molecule has 0 saturated heterocycles. The minimum Gasteiger partial charge on any atom is -0.494 e. The highest BCUT2D eigenvalue weighted by Crippen LogP contribution is 2.62. The molecule has 0 aliphatic heterocycles. The van der Waals surface area contributed by atoms with E-state index in [4.69, 9.17) is 9.26 Å². The Hall–Kier alpha value is -3.36. The number of halogens is 3. The normalized spacial score (nSPS) is 31.1. The van der Waals surface area contributed by atoms with Gasteiger partial charge in [0, 0.05) is 24.6 Å². The van der Waals surface area contributed by atoms with E-state index in [0.717, 1.165) is 68.0 Å².